The lowest BCUT2D eigenvalue weighted by Crippen LogP contribution is -2.25. The molecular formula is C12H13F2N. The summed E-state index contributed by atoms with van der Waals surface area (Å²) in [6, 6.07) is 4.23. The molecule has 0 fully saturated rings. The fourth-order valence-electron chi connectivity index (χ4n) is 1.22. The summed E-state index contributed by atoms with van der Waals surface area (Å²) in [7, 11) is 0. The van der Waals surface area contributed by atoms with Crippen LogP contribution in [0.15, 0.2) is 18.2 Å². The standard InChI is InChI=1S/C12H13F2N/c1-3-5-9(2)15-8-10-6-4-7-11(13)12(10)14/h1,4,6-7,9,15H,5,8H2,2H3. The molecule has 0 radical (unpaired) electrons. The number of hydrogen-bond acceptors (Lipinski definition) is 1. The Morgan fingerprint density at radius 3 is 2.87 bits per heavy atom. The number of nitrogens with one attached hydrogen (secondary N) is 1. The van der Waals surface area contributed by atoms with Crippen LogP contribution in [0.4, 0.5) is 8.78 Å². The third-order valence-corrected chi connectivity index (χ3v) is 2.10. The van der Waals surface area contributed by atoms with E-state index in [0.717, 1.165) is 6.07 Å². The first kappa shape index (κ1) is 11.7. The van der Waals surface area contributed by atoms with Gasteiger partial charge in [-0.1, -0.05) is 12.1 Å². The highest BCUT2D eigenvalue weighted by molar-refractivity contribution is 5.18. The van der Waals surface area contributed by atoms with E-state index < -0.39 is 11.6 Å². The van der Waals surface area contributed by atoms with Crippen molar-refractivity contribution in [1.82, 2.24) is 5.32 Å². The minimum Gasteiger partial charge on any atom is -0.309 e. The fraction of sp³-hybridized carbons (Fsp3) is 0.333. The van der Waals surface area contributed by atoms with E-state index in [1.807, 2.05) is 6.92 Å². The maximum Gasteiger partial charge on any atom is 0.163 e. The van der Waals surface area contributed by atoms with Crippen LogP contribution in [0.3, 0.4) is 0 Å². The monoisotopic (exact) mass is 209 g/mol. The van der Waals surface area contributed by atoms with Crippen molar-refractivity contribution in [2.45, 2.75) is 25.9 Å². The molecule has 0 saturated carbocycles. The van der Waals surface area contributed by atoms with Gasteiger partial charge in [0.1, 0.15) is 0 Å². The molecule has 0 spiro atoms. The molecule has 0 aliphatic carbocycles. The summed E-state index contributed by atoms with van der Waals surface area (Å²) in [5, 5.41) is 3.02. The summed E-state index contributed by atoms with van der Waals surface area (Å²) >= 11 is 0. The first-order valence-electron chi connectivity index (χ1n) is 4.75. The van der Waals surface area contributed by atoms with Gasteiger partial charge in [-0.05, 0) is 13.0 Å². The Hall–Kier alpha value is -1.40. The lowest BCUT2D eigenvalue weighted by Gasteiger charge is -2.11. The first-order valence-corrected chi connectivity index (χ1v) is 4.75. The van der Waals surface area contributed by atoms with E-state index in [4.69, 9.17) is 6.42 Å². The van der Waals surface area contributed by atoms with Gasteiger partial charge in [-0.2, -0.15) is 0 Å². The van der Waals surface area contributed by atoms with Crippen molar-refractivity contribution in [3.05, 3.63) is 35.4 Å². The SMILES string of the molecule is C#CCC(C)NCc1cccc(F)c1F. The van der Waals surface area contributed by atoms with Gasteiger partial charge < -0.3 is 5.32 Å². The zero-order chi connectivity index (χ0) is 11.3. The summed E-state index contributed by atoms with van der Waals surface area (Å²) in [6.07, 6.45) is 5.69. The predicted octanol–water partition coefficient (Wildman–Crippen LogP) is 2.47. The Bertz CT molecular complexity index is 368. The molecular weight excluding hydrogens is 196 g/mol. The maximum absolute atomic E-state index is 13.2. The van der Waals surface area contributed by atoms with Crippen molar-refractivity contribution in [2.24, 2.45) is 0 Å². The molecule has 0 amide bonds. The third kappa shape index (κ3) is 3.34. The highest BCUT2D eigenvalue weighted by Crippen LogP contribution is 2.11. The molecule has 1 unspecified atom stereocenters. The van der Waals surface area contributed by atoms with Crippen LogP contribution < -0.4 is 5.32 Å². The van der Waals surface area contributed by atoms with Crippen molar-refractivity contribution in [1.29, 1.82) is 0 Å². The van der Waals surface area contributed by atoms with E-state index in [9.17, 15) is 8.78 Å². The van der Waals surface area contributed by atoms with Crippen molar-refractivity contribution in [3.63, 3.8) is 0 Å². The number of halogens is 2. The molecule has 1 N–H and O–H groups in total. The van der Waals surface area contributed by atoms with Gasteiger partial charge in [-0.3, -0.25) is 0 Å². The van der Waals surface area contributed by atoms with Gasteiger partial charge in [0, 0.05) is 24.6 Å². The zero-order valence-corrected chi connectivity index (χ0v) is 8.56. The average molecular weight is 209 g/mol. The van der Waals surface area contributed by atoms with E-state index >= 15 is 0 Å². The van der Waals surface area contributed by atoms with Crippen molar-refractivity contribution in [3.8, 4) is 12.3 Å². The predicted molar refractivity (Wildman–Crippen MR) is 56.1 cm³/mol. The molecule has 0 saturated heterocycles. The van der Waals surface area contributed by atoms with E-state index in [1.54, 1.807) is 6.07 Å². The molecule has 0 bridgehead atoms. The maximum atomic E-state index is 13.2. The van der Waals surface area contributed by atoms with Gasteiger partial charge >= 0.3 is 0 Å². The second-order valence-electron chi connectivity index (χ2n) is 3.40. The van der Waals surface area contributed by atoms with Gasteiger partial charge in [-0.25, -0.2) is 8.78 Å². The van der Waals surface area contributed by atoms with Crippen LogP contribution in [0.5, 0.6) is 0 Å². The number of terminal acetylenes is 1. The van der Waals surface area contributed by atoms with Crippen molar-refractivity contribution < 1.29 is 8.78 Å². The van der Waals surface area contributed by atoms with E-state index in [-0.39, 0.29) is 12.6 Å². The van der Waals surface area contributed by atoms with Crippen LogP contribution >= 0.6 is 0 Å². The topological polar surface area (TPSA) is 12.0 Å². The largest absolute Gasteiger partial charge is 0.309 e. The molecule has 1 nitrogen and oxygen atoms in total. The minimum absolute atomic E-state index is 0.0951. The Kier molecular flexibility index (Phi) is 4.26. The molecule has 0 heterocycles. The average Bonchev–Trinajstić information content (AvgIpc) is 2.21. The van der Waals surface area contributed by atoms with Gasteiger partial charge in [0.2, 0.25) is 0 Å². The van der Waals surface area contributed by atoms with Gasteiger partial charge in [0.05, 0.1) is 0 Å². The molecule has 1 atom stereocenters. The molecule has 1 aromatic rings. The van der Waals surface area contributed by atoms with Gasteiger partial charge in [0.15, 0.2) is 11.6 Å². The van der Waals surface area contributed by atoms with Crippen LogP contribution in [0.25, 0.3) is 0 Å². The van der Waals surface area contributed by atoms with E-state index in [0.29, 0.717) is 12.0 Å². The molecule has 1 rings (SSSR count). The molecule has 0 aliphatic heterocycles. The second-order valence-corrected chi connectivity index (χ2v) is 3.40. The number of benzene rings is 1. The summed E-state index contributed by atoms with van der Waals surface area (Å²) in [6.45, 7) is 2.18. The first-order chi connectivity index (χ1) is 7.15. The number of hydrogen-bond donors (Lipinski definition) is 1. The highest BCUT2D eigenvalue weighted by Gasteiger charge is 2.07. The Labute approximate surface area is 88.5 Å². The lowest BCUT2D eigenvalue weighted by atomic mass is 10.2. The van der Waals surface area contributed by atoms with E-state index in [2.05, 4.69) is 11.2 Å². The van der Waals surface area contributed by atoms with Crippen LogP contribution in [-0.4, -0.2) is 6.04 Å². The molecule has 1 aromatic carbocycles. The summed E-state index contributed by atoms with van der Waals surface area (Å²) < 4.78 is 26.0. The normalized spacial score (nSPS) is 12.1. The van der Waals surface area contributed by atoms with Gasteiger partial charge in [0.25, 0.3) is 0 Å². The molecule has 15 heavy (non-hydrogen) atoms. The third-order valence-electron chi connectivity index (χ3n) is 2.10. The summed E-state index contributed by atoms with van der Waals surface area (Å²) in [4.78, 5) is 0. The molecule has 80 valence electrons. The molecule has 3 heteroatoms. The zero-order valence-electron chi connectivity index (χ0n) is 8.56. The molecule has 0 aromatic heterocycles. The van der Waals surface area contributed by atoms with Crippen molar-refractivity contribution >= 4 is 0 Å². The van der Waals surface area contributed by atoms with E-state index in [1.165, 1.54) is 6.07 Å². The van der Waals surface area contributed by atoms with Crippen LogP contribution in [0.1, 0.15) is 18.9 Å². The fourth-order valence-corrected chi connectivity index (χ4v) is 1.22. The van der Waals surface area contributed by atoms with Crippen LogP contribution in [0, 0.1) is 24.0 Å². The van der Waals surface area contributed by atoms with Crippen LogP contribution in [-0.2, 0) is 6.54 Å². The summed E-state index contributed by atoms with van der Waals surface area (Å²) in [5.74, 6) is 0.885. The smallest absolute Gasteiger partial charge is 0.163 e. The Balaban J connectivity index is 2.58. The Morgan fingerprint density at radius 2 is 2.20 bits per heavy atom. The van der Waals surface area contributed by atoms with Crippen molar-refractivity contribution in [2.75, 3.05) is 0 Å². The quantitative estimate of drug-likeness (QED) is 0.751. The van der Waals surface area contributed by atoms with Crippen LogP contribution in [0.2, 0.25) is 0 Å². The Morgan fingerprint density at radius 1 is 1.47 bits per heavy atom. The minimum atomic E-state index is -0.820. The second kappa shape index (κ2) is 5.47. The molecule has 0 aliphatic rings. The number of rotatable bonds is 4. The van der Waals surface area contributed by atoms with Gasteiger partial charge in [-0.15, -0.1) is 12.3 Å². The highest BCUT2D eigenvalue weighted by atomic mass is 19.2. The summed E-state index contributed by atoms with van der Waals surface area (Å²) in [5.41, 5.74) is 0.318. The lowest BCUT2D eigenvalue weighted by molar-refractivity contribution is 0.483.